The molecule has 1 aliphatic heterocycles. The van der Waals surface area contributed by atoms with Gasteiger partial charge in [0.15, 0.2) is 0 Å². The van der Waals surface area contributed by atoms with E-state index >= 15 is 0 Å². The van der Waals surface area contributed by atoms with Crippen LogP contribution in [-0.4, -0.2) is 18.2 Å². The molecule has 2 fully saturated rings. The van der Waals surface area contributed by atoms with Gasteiger partial charge >= 0.3 is 0 Å². The van der Waals surface area contributed by atoms with Gasteiger partial charge in [-0.15, -0.1) is 0 Å². The number of hydrazine groups is 1. The molecule has 1 aliphatic carbocycles. The highest BCUT2D eigenvalue weighted by atomic mass is 79.9. The third-order valence-corrected chi connectivity index (χ3v) is 5.67. The topological polar surface area (TPSA) is 47.3 Å². The molecular formula is C17H25BrN2O. The fourth-order valence-electron chi connectivity index (χ4n) is 4.06. The Balaban J connectivity index is 1.67. The third kappa shape index (κ3) is 3.67. The molecule has 1 heterocycles. The summed E-state index contributed by atoms with van der Waals surface area (Å²) in [5.74, 6) is 6.49. The van der Waals surface area contributed by atoms with E-state index in [-0.39, 0.29) is 5.60 Å². The van der Waals surface area contributed by atoms with E-state index in [2.05, 4.69) is 45.6 Å². The van der Waals surface area contributed by atoms with Gasteiger partial charge in [-0.05, 0) is 55.7 Å². The smallest absolute Gasteiger partial charge is 0.0685 e. The average molecular weight is 353 g/mol. The monoisotopic (exact) mass is 352 g/mol. The zero-order chi connectivity index (χ0) is 14.7. The van der Waals surface area contributed by atoms with Crippen LogP contribution in [0.3, 0.4) is 0 Å². The number of rotatable bonds is 4. The van der Waals surface area contributed by atoms with Gasteiger partial charge in [0, 0.05) is 17.1 Å². The Morgan fingerprint density at radius 3 is 2.90 bits per heavy atom. The second-order valence-electron chi connectivity index (χ2n) is 6.60. The molecular weight excluding hydrogens is 328 g/mol. The molecule has 1 aromatic carbocycles. The fourth-order valence-corrected chi connectivity index (χ4v) is 4.50. The highest BCUT2D eigenvalue weighted by molar-refractivity contribution is 9.10. The Hall–Kier alpha value is -0.420. The second kappa shape index (κ2) is 6.78. The Labute approximate surface area is 135 Å². The van der Waals surface area contributed by atoms with Crippen LogP contribution in [-0.2, 0) is 11.2 Å². The molecule has 0 radical (unpaired) electrons. The standard InChI is InChI=1S/C17H25BrN2O/c18-15-5-3-4-13(10-15)11-16(20-19)14-6-9-21-17(12-14)7-1-2-8-17/h3-5,10,14,16,20H,1-2,6-9,11-12,19H2. The minimum absolute atomic E-state index is 0.162. The van der Waals surface area contributed by atoms with Crippen LogP contribution in [0, 0.1) is 5.92 Å². The molecule has 3 nitrogen and oxygen atoms in total. The molecule has 1 saturated heterocycles. The van der Waals surface area contributed by atoms with E-state index in [9.17, 15) is 0 Å². The maximum absolute atomic E-state index is 6.14. The number of benzene rings is 1. The van der Waals surface area contributed by atoms with Gasteiger partial charge in [-0.2, -0.15) is 0 Å². The van der Waals surface area contributed by atoms with Crippen molar-refractivity contribution in [3.05, 3.63) is 34.3 Å². The predicted molar refractivity (Wildman–Crippen MR) is 88.8 cm³/mol. The lowest BCUT2D eigenvalue weighted by Gasteiger charge is -2.41. The predicted octanol–water partition coefficient (Wildman–Crippen LogP) is 3.56. The van der Waals surface area contributed by atoms with Crippen LogP contribution >= 0.6 is 15.9 Å². The van der Waals surface area contributed by atoms with E-state index in [0.29, 0.717) is 12.0 Å². The molecule has 4 heteroatoms. The van der Waals surface area contributed by atoms with Crippen molar-refractivity contribution in [3.8, 4) is 0 Å². The van der Waals surface area contributed by atoms with Crippen molar-refractivity contribution >= 4 is 15.9 Å². The normalized spacial score (nSPS) is 26.1. The summed E-state index contributed by atoms with van der Waals surface area (Å²) in [4.78, 5) is 0. The van der Waals surface area contributed by atoms with Gasteiger partial charge in [0.1, 0.15) is 0 Å². The minimum Gasteiger partial charge on any atom is -0.375 e. The first-order chi connectivity index (χ1) is 10.2. The third-order valence-electron chi connectivity index (χ3n) is 5.17. The van der Waals surface area contributed by atoms with E-state index in [1.807, 2.05) is 0 Å². The Bertz CT molecular complexity index is 474. The van der Waals surface area contributed by atoms with E-state index in [1.54, 1.807) is 0 Å². The van der Waals surface area contributed by atoms with Crippen LogP contribution in [0.4, 0.5) is 0 Å². The molecule has 21 heavy (non-hydrogen) atoms. The molecule has 116 valence electrons. The van der Waals surface area contributed by atoms with E-state index < -0.39 is 0 Å². The van der Waals surface area contributed by atoms with Crippen LogP contribution in [0.5, 0.6) is 0 Å². The lowest BCUT2D eigenvalue weighted by molar-refractivity contribution is -0.0978. The SMILES string of the molecule is NNC(Cc1cccc(Br)c1)C1CCOC2(CCCC2)C1. The maximum Gasteiger partial charge on any atom is 0.0685 e. The summed E-state index contributed by atoms with van der Waals surface area (Å²) in [7, 11) is 0. The quantitative estimate of drug-likeness (QED) is 0.643. The lowest BCUT2D eigenvalue weighted by Crippen LogP contribution is -2.48. The molecule has 2 atom stereocenters. The maximum atomic E-state index is 6.14. The first kappa shape index (κ1) is 15.5. The Morgan fingerprint density at radius 1 is 1.38 bits per heavy atom. The summed E-state index contributed by atoms with van der Waals surface area (Å²) in [5.41, 5.74) is 4.57. The molecule has 0 aromatic heterocycles. The van der Waals surface area contributed by atoms with Crippen molar-refractivity contribution in [1.29, 1.82) is 0 Å². The van der Waals surface area contributed by atoms with Crippen LogP contribution in [0.2, 0.25) is 0 Å². The van der Waals surface area contributed by atoms with Crippen LogP contribution in [0.15, 0.2) is 28.7 Å². The van der Waals surface area contributed by atoms with Gasteiger partial charge in [0.25, 0.3) is 0 Å². The highest BCUT2D eigenvalue weighted by Gasteiger charge is 2.41. The lowest BCUT2D eigenvalue weighted by atomic mass is 9.79. The molecule has 0 amide bonds. The zero-order valence-electron chi connectivity index (χ0n) is 12.5. The molecule has 0 bridgehead atoms. The van der Waals surface area contributed by atoms with Crippen molar-refractivity contribution in [1.82, 2.24) is 5.43 Å². The van der Waals surface area contributed by atoms with Crippen molar-refractivity contribution in [3.63, 3.8) is 0 Å². The number of ether oxygens (including phenoxy) is 1. The summed E-state index contributed by atoms with van der Waals surface area (Å²) in [5, 5.41) is 0. The number of hydrogen-bond acceptors (Lipinski definition) is 3. The molecule has 1 saturated carbocycles. The average Bonchev–Trinajstić information content (AvgIpc) is 2.92. The van der Waals surface area contributed by atoms with Gasteiger partial charge in [-0.3, -0.25) is 11.3 Å². The van der Waals surface area contributed by atoms with E-state index in [0.717, 1.165) is 30.3 Å². The molecule has 2 unspecified atom stereocenters. The van der Waals surface area contributed by atoms with Gasteiger partial charge in [-0.25, -0.2) is 0 Å². The summed E-state index contributed by atoms with van der Waals surface area (Å²) in [6, 6.07) is 8.86. The molecule has 3 N–H and O–H groups in total. The van der Waals surface area contributed by atoms with Crippen LogP contribution in [0.1, 0.15) is 44.1 Å². The summed E-state index contributed by atoms with van der Waals surface area (Å²) < 4.78 is 7.28. The summed E-state index contributed by atoms with van der Waals surface area (Å²) in [6.07, 6.45) is 8.37. The van der Waals surface area contributed by atoms with Gasteiger partial charge in [-0.1, -0.05) is 40.9 Å². The highest BCUT2D eigenvalue weighted by Crippen LogP contribution is 2.43. The Morgan fingerprint density at radius 2 is 2.19 bits per heavy atom. The van der Waals surface area contributed by atoms with Crippen LogP contribution in [0.25, 0.3) is 0 Å². The number of hydrogen-bond donors (Lipinski definition) is 2. The van der Waals surface area contributed by atoms with Gasteiger partial charge in [0.2, 0.25) is 0 Å². The molecule has 2 aliphatic rings. The number of nitrogens with two attached hydrogens (primary N) is 1. The van der Waals surface area contributed by atoms with Crippen molar-refractivity contribution in [2.24, 2.45) is 11.8 Å². The number of nitrogens with one attached hydrogen (secondary N) is 1. The minimum atomic E-state index is 0.162. The largest absolute Gasteiger partial charge is 0.375 e. The van der Waals surface area contributed by atoms with E-state index in [4.69, 9.17) is 10.6 Å². The molecule has 1 spiro atoms. The summed E-state index contributed by atoms with van der Waals surface area (Å²) in [6.45, 7) is 0.890. The number of halogens is 1. The first-order valence-electron chi connectivity index (χ1n) is 8.05. The van der Waals surface area contributed by atoms with Crippen molar-refractivity contribution in [2.75, 3.05) is 6.61 Å². The van der Waals surface area contributed by atoms with Crippen molar-refractivity contribution in [2.45, 2.75) is 56.6 Å². The summed E-state index contributed by atoms with van der Waals surface area (Å²) >= 11 is 3.55. The van der Waals surface area contributed by atoms with Crippen molar-refractivity contribution < 1.29 is 4.74 Å². The van der Waals surface area contributed by atoms with Gasteiger partial charge < -0.3 is 4.74 Å². The van der Waals surface area contributed by atoms with Crippen LogP contribution < -0.4 is 11.3 Å². The molecule has 3 rings (SSSR count). The zero-order valence-corrected chi connectivity index (χ0v) is 14.1. The second-order valence-corrected chi connectivity index (χ2v) is 7.51. The Kier molecular flexibility index (Phi) is 4.99. The fraction of sp³-hybridized carbons (Fsp3) is 0.647. The van der Waals surface area contributed by atoms with Gasteiger partial charge in [0.05, 0.1) is 5.60 Å². The molecule has 1 aromatic rings. The first-order valence-corrected chi connectivity index (χ1v) is 8.85. The van der Waals surface area contributed by atoms with E-state index in [1.165, 1.54) is 31.2 Å².